The first-order valence-electron chi connectivity index (χ1n) is 8.10. The van der Waals surface area contributed by atoms with Crippen molar-refractivity contribution in [1.82, 2.24) is 0 Å². The van der Waals surface area contributed by atoms with Crippen LogP contribution < -0.4 is 15.8 Å². The maximum atomic E-state index is 6.05. The van der Waals surface area contributed by atoms with Crippen molar-refractivity contribution in [1.29, 1.82) is 0 Å². The van der Waals surface area contributed by atoms with E-state index >= 15 is 0 Å². The Balaban J connectivity index is 1.98. The fraction of sp³-hybridized carbons (Fsp3) is 0.611. The van der Waals surface area contributed by atoms with E-state index in [0.29, 0.717) is 5.96 Å². The van der Waals surface area contributed by atoms with Gasteiger partial charge in [-0.1, -0.05) is 13.8 Å². The average molecular weight is 319 g/mol. The van der Waals surface area contributed by atoms with Gasteiger partial charge in [0.1, 0.15) is 5.75 Å². The lowest BCUT2D eigenvalue weighted by molar-refractivity contribution is -0.171. The number of methoxy groups -OCH3 is 1. The SMILES string of the molecule is COC1(C)CC(N=C(N)Nc2ccc(OC(C)C)cc2)C1(C)C. The van der Waals surface area contributed by atoms with Gasteiger partial charge in [-0.15, -0.1) is 0 Å². The zero-order valence-corrected chi connectivity index (χ0v) is 15.0. The number of hydrogen-bond donors (Lipinski definition) is 2. The van der Waals surface area contributed by atoms with E-state index in [-0.39, 0.29) is 23.2 Å². The van der Waals surface area contributed by atoms with Crippen molar-refractivity contribution in [3.63, 3.8) is 0 Å². The van der Waals surface area contributed by atoms with E-state index in [1.54, 1.807) is 7.11 Å². The third-order valence-electron chi connectivity index (χ3n) is 5.02. The van der Waals surface area contributed by atoms with Crippen LogP contribution in [0.3, 0.4) is 0 Å². The number of nitrogens with zero attached hydrogens (tertiary/aromatic N) is 1. The van der Waals surface area contributed by atoms with E-state index in [4.69, 9.17) is 15.2 Å². The van der Waals surface area contributed by atoms with Gasteiger partial charge < -0.3 is 20.5 Å². The van der Waals surface area contributed by atoms with Gasteiger partial charge in [0.25, 0.3) is 0 Å². The molecule has 2 atom stereocenters. The Morgan fingerprint density at radius 1 is 1.26 bits per heavy atom. The summed E-state index contributed by atoms with van der Waals surface area (Å²) in [5, 5.41) is 3.14. The minimum atomic E-state index is -0.142. The largest absolute Gasteiger partial charge is 0.491 e. The summed E-state index contributed by atoms with van der Waals surface area (Å²) in [7, 11) is 1.75. The predicted octanol–water partition coefficient (Wildman–Crippen LogP) is 3.40. The van der Waals surface area contributed by atoms with Crippen LogP contribution in [0.15, 0.2) is 29.3 Å². The molecule has 2 rings (SSSR count). The molecule has 1 aromatic rings. The molecular formula is C18H29N3O2. The highest BCUT2D eigenvalue weighted by Crippen LogP contribution is 2.53. The minimum Gasteiger partial charge on any atom is -0.491 e. The number of nitrogens with one attached hydrogen (secondary N) is 1. The van der Waals surface area contributed by atoms with E-state index in [9.17, 15) is 0 Å². The Hall–Kier alpha value is -1.75. The number of ether oxygens (including phenoxy) is 2. The van der Waals surface area contributed by atoms with Gasteiger partial charge in [0, 0.05) is 18.2 Å². The second-order valence-corrected chi connectivity index (χ2v) is 7.21. The Bertz CT molecular complexity index is 566. The van der Waals surface area contributed by atoms with Crippen LogP contribution in [0.25, 0.3) is 0 Å². The molecule has 0 heterocycles. The van der Waals surface area contributed by atoms with Gasteiger partial charge in [-0.05, 0) is 51.5 Å². The summed E-state index contributed by atoms with van der Waals surface area (Å²) < 4.78 is 11.2. The van der Waals surface area contributed by atoms with Crippen LogP contribution in [0, 0.1) is 5.41 Å². The topological polar surface area (TPSA) is 68.9 Å². The van der Waals surface area contributed by atoms with E-state index in [0.717, 1.165) is 17.9 Å². The van der Waals surface area contributed by atoms with Crippen LogP contribution in [0.5, 0.6) is 5.75 Å². The molecule has 23 heavy (non-hydrogen) atoms. The molecule has 0 aliphatic heterocycles. The lowest BCUT2D eigenvalue weighted by Crippen LogP contribution is -2.62. The molecule has 2 unspecified atom stereocenters. The number of hydrogen-bond acceptors (Lipinski definition) is 3. The molecule has 3 N–H and O–H groups in total. The van der Waals surface area contributed by atoms with Gasteiger partial charge in [-0.25, -0.2) is 4.99 Å². The highest BCUT2D eigenvalue weighted by Gasteiger charge is 2.58. The van der Waals surface area contributed by atoms with Crippen molar-refractivity contribution >= 4 is 11.6 Å². The van der Waals surface area contributed by atoms with Crippen molar-refractivity contribution in [3.8, 4) is 5.75 Å². The first kappa shape index (κ1) is 17.6. The summed E-state index contributed by atoms with van der Waals surface area (Å²) in [6.45, 7) is 10.5. The van der Waals surface area contributed by atoms with Crippen molar-refractivity contribution in [2.75, 3.05) is 12.4 Å². The standard InChI is InChI=1S/C18H29N3O2/c1-12(2)23-14-9-7-13(8-10-14)20-16(19)21-15-11-18(5,22-6)17(15,3)4/h7-10,12,15H,11H2,1-6H3,(H3,19,20,21). The molecule has 1 aliphatic carbocycles. The normalized spacial score (nSPS) is 26.7. The summed E-state index contributed by atoms with van der Waals surface area (Å²) in [5.74, 6) is 1.27. The van der Waals surface area contributed by atoms with Crippen LogP contribution in [0.1, 0.15) is 41.0 Å². The number of aliphatic imine (C=N–C) groups is 1. The van der Waals surface area contributed by atoms with Crippen LogP contribution in [0.2, 0.25) is 0 Å². The van der Waals surface area contributed by atoms with Crippen LogP contribution in [-0.4, -0.2) is 30.8 Å². The quantitative estimate of drug-likeness (QED) is 0.644. The summed E-state index contributed by atoms with van der Waals surface area (Å²) in [4.78, 5) is 4.62. The molecule has 5 heteroatoms. The summed E-state index contributed by atoms with van der Waals surface area (Å²) >= 11 is 0. The maximum absolute atomic E-state index is 6.05. The van der Waals surface area contributed by atoms with E-state index < -0.39 is 0 Å². The average Bonchev–Trinajstić information content (AvgIpc) is 2.48. The molecule has 1 aliphatic rings. The first-order valence-corrected chi connectivity index (χ1v) is 8.10. The number of benzene rings is 1. The molecule has 1 aromatic carbocycles. The molecule has 128 valence electrons. The summed E-state index contributed by atoms with van der Waals surface area (Å²) in [6.07, 6.45) is 1.04. The Morgan fingerprint density at radius 2 is 1.87 bits per heavy atom. The number of anilines is 1. The smallest absolute Gasteiger partial charge is 0.193 e. The number of guanidine groups is 1. The van der Waals surface area contributed by atoms with Crippen molar-refractivity contribution in [2.45, 2.75) is 58.8 Å². The monoisotopic (exact) mass is 319 g/mol. The Morgan fingerprint density at radius 3 is 2.35 bits per heavy atom. The number of nitrogens with two attached hydrogens (primary N) is 1. The lowest BCUT2D eigenvalue weighted by atomic mass is 9.56. The molecular weight excluding hydrogens is 290 g/mol. The fourth-order valence-corrected chi connectivity index (χ4v) is 2.90. The zero-order valence-electron chi connectivity index (χ0n) is 15.0. The van der Waals surface area contributed by atoms with Crippen LogP contribution >= 0.6 is 0 Å². The maximum Gasteiger partial charge on any atom is 0.193 e. The molecule has 5 nitrogen and oxygen atoms in total. The van der Waals surface area contributed by atoms with Crippen molar-refractivity contribution in [3.05, 3.63) is 24.3 Å². The predicted molar refractivity (Wildman–Crippen MR) is 95.1 cm³/mol. The number of rotatable bonds is 5. The second-order valence-electron chi connectivity index (χ2n) is 7.21. The fourth-order valence-electron chi connectivity index (χ4n) is 2.90. The molecule has 0 aromatic heterocycles. The molecule has 0 radical (unpaired) electrons. The lowest BCUT2D eigenvalue weighted by Gasteiger charge is -2.57. The second kappa shape index (κ2) is 6.40. The van der Waals surface area contributed by atoms with E-state index in [1.165, 1.54) is 0 Å². The van der Waals surface area contributed by atoms with E-state index in [2.05, 4.69) is 31.1 Å². The van der Waals surface area contributed by atoms with Crippen LogP contribution in [0.4, 0.5) is 5.69 Å². The highest BCUT2D eigenvalue weighted by atomic mass is 16.5. The van der Waals surface area contributed by atoms with Crippen LogP contribution in [-0.2, 0) is 4.74 Å². The Kier molecular flexibility index (Phi) is 4.90. The molecule has 0 spiro atoms. The van der Waals surface area contributed by atoms with Crippen molar-refractivity contribution < 1.29 is 9.47 Å². The molecule has 1 fully saturated rings. The third kappa shape index (κ3) is 3.61. The highest BCUT2D eigenvalue weighted by molar-refractivity contribution is 5.92. The van der Waals surface area contributed by atoms with Gasteiger partial charge in [0.05, 0.1) is 17.7 Å². The molecule has 1 saturated carbocycles. The Labute approximate surface area is 139 Å². The van der Waals surface area contributed by atoms with Gasteiger partial charge >= 0.3 is 0 Å². The zero-order chi connectivity index (χ0) is 17.3. The summed E-state index contributed by atoms with van der Waals surface area (Å²) in [5.41, 5.74) is 6.77. The van der Waals surface area contributed by atoms with Gasteiger partial charge in [0.2, 0.25) is 0 Å². The molecule has 0 amide bonds. The van der Waals surface area contributed by atoms with Crippen molar-refractivity contribution in [2.24, 2.45) is 16.1 Å². The van der Waals surface area contributed by atoms with Gasteiger partial charge in [-0.2, -0.15) is 0 Å². The first-order chi connectivity index (χ1) is 10.7. The van der Waals surface area contributed by atoms with Gasteiger partial charge in [0.15, 0.2) is 5.96 Å². The molecule has 0 saturated heterocycles. The summed E-state index contributed by atoms with van der Waals surface area (Å²) in [6, 6.07) is 7.87. The third-order valence-corrected chi connectivity index (χ3v) is 5.02. The van der Waals surface area contributed by atoms with E-state index in [1.807, 2.05) is 38.1 Å². The molecule has 0 bridgehead atoms. The van der Waals surface area contributed by atoms with Gasteiger partial charge in [-0.3, -0.25) is 0 Å². The minimum absolute atomic E-state index is 0.0387.